The number of nitrogens with one attached hydrogen (secondary N) is 1. The lowest BCUT2D eigenvalue weighted by Gasteiger charge is -2.47. The van der Waals surface area contributed by atoms with Crippen LogP contribution in [0.5, 0.6) is 0 Å². The van der Waals surface area contributed by atoms with Crippen molar-refractivity contribution in [2.24, 2.45) is 5.73 Å². The highest BCUT2D eigenvalue weighted by Gasteiger charge is 2.40. The molecule has 1 aromatic rings. The van der Waals surface area contributed by atoms with E-state index in [1.807, 2.05) is 21.0 Å². The zero-order valence-electron chi connectivity index (χ0n) is 12.3. The molecule has 3 N–H and O–H groups in total. The molecule has 0 amide bonds. The van der Waals surface area contributed by atoms with Gasteiger partial charge in [-0.2, -0.15) is 0 Å². The van der Waals surface area contributed by atoms with Crippen molar-refractivity contribution in [3.63, 3.8) is 0 Å². The standard InChI is InChI=1S/C13H23N3O2S2/c1-10-12(7-11(8-14)19-10)20(17,18)15-9-13(16(2)3)5-4-6-13/h7,15H,4-6,8-9,14H2,1-3H3. The number of hydrogen-bond donors (Lipinski definition) is 2. The minimum Gasteiger partial charge on any atom is -0.326 e. The van der Waals surface area contributed by atoms with E-state index in [1.54, 1.807) is 6.07 Å². The van der Waals surface area contributed by atoms with Gasteiger partial charge in [0, 0.05) is 28.4 Å². The maximum atomic E-state index is 12.4. The molecule has 0 saturated heterocycles. The Morgan fingerprint density at radius 1 is 1.45 bits per heavy atom. The Morgan fingerprint density at radius 2 is 2.10 bits per heavy atom. The Morgan fingerprint density at radius 3 is 2.50 bits per heavy atom. The third-order valence-electron chi connectivity index (χ3n) is 4.24. The van der Waals surface area contributed by atoms with Gasteiger partial charge in [-0.25, -0.2) is 13.1 Å². The van der Waals surface area contributed by atoms with E-state index < -0.39 is 10.0 Å². The van der Waals surface area contributed by atoms with E-state index in [0.717, 1.165) is 29.0 Å². The van der Waals surface area contributed by atoms with Gasteiger partial charge in [0.25, 0.3) is 0 Å². The van der Waals surface area contributed by atoms with Crippen LogP contribution in [0.1, 0.15) is 29.0 Å². The summed E-state index contributed by atoms with van der Waals surface area (Å²) in [5.41, 5.74) is 5.56. The van der Waals surface area contributed by atoms with Crippen LogP contribution in [0.2, 0.25) is 0 Å². The first kappa shape index (κ1) is 15.9. The SMILES string of the molecule is Cc1sc(CN)cc1S(=O)(=O)NCC1(N(C)C)CCC1. The van der Waals surface area contributed by atoms with Crippen LogP contribution in [0, 0.1) is 6.92 Å². The second-order valence-electron chi connectivity index (χ2n) is 5.63. The summed E-state index contributed by atoms with van der Waals surface area (Å²) >= 11 is 1.45. The number of hydrogen-bond acceptors (Lipinski definition) is 5. The van der Waals surface area contributed by atoms with E-state index in [9.17, 15) is 8.42 Å². The molecule has 0 unspecified atom stereocenters. The summed E-state index contributed by atoms with van der Waals surface area (Å²) in [6, 6.07) is 1.69. The molecule has 1 aliphatic rings. The molecule has 0 aliphatic heterocycles. The monoisotopic (exact) mass is 317 g/mol. The normalized spacial score (nSPS) is 18.2. The summed E-state index contributed by atoms with van der Waals surface area (Å²) < 4.78 is 27.6. The lowest BCUT2D eigenvalue weighted by Crippen LogP contribution is -2.57. The molecule has 20 heavy (non-hydrogen) atoms. The van der Waals surface area contributed by atoms with Crippen molar-refractivity contribution in [1.82, 2.24) is 9.62 Å². The predicted molar refractivity (Wildman–Crippen MR) is 82.4 cm³/mol. The molecular weight excluding hydrogens is 294 g/mol. The van der Waals surface area contributed by atoms with Gasteiger partial charge in [0.15, 0.2) is 0 Å². The highest BCUT2D eigenvalue weighted by Crippen LogP contribution is 2.36. The molecule has 5 nitrogen and oxygen atoms in total. The average Bonchev–Trinajstić information content (AvgIpc) is 2.69. The second kappa shape index (κ2) is 5.73. The van der Waals surface area contributed by atoms with Crippen LogP contribution in [0.25, 0.3) is 0 Å². The number of thiophene rings is 1. The van der Waals surface area contributed by atoms with Gasteiger partial charge in [-0.15, -0.1) is 11.3 Å². The van der Waals surface area contributed by atoms with Crippen molar-refractivity contribution < 1.29 is 8.42 Å². The second-order valence-corrected chi connectivity index (χ2v) is 8.71. The van der Waals surface area contributed by atoms with Crippen molar-refractivity contribution in [3.05, 3.63) is 15.8 Å². The first-order valence-corrected chi connectivity index (χ1v) is 9.07. The van der Waals surface area contributed by atoms with Gasteiger partial charge in [0.05, 0.1) is 4.90 Å². The quantitative estimate of drug-likeness (QED) is 0.829. The summed E-state index contributed by atoms with van der Waals surface area (Å²) in [6.07, 6.45) is 3.24. The number of aryl methyl sites for hydroxylation is 1. The molecule has 2 rings (SSSR count). The van der Waals surface area contributed by atoms with Crippen LogP contribution in [-0.2, 0) is 16.6 Å². The molecule has 0 radical (unpaired) electrons. The van der Waals surface area contributed by atoms with E-state index in [4.69, 9.17) is 5.73 Å². The topological polar surface area (TPSA) is 75.4 Å². The summed E-state index contributed by atoms with van der Waals surface area (Å²) in [7, 11) is 0.575. The van der Waals surface area contributed by atoms with Gasteiger partial charge < -0.3 is 10.6 Å². The fourth-order valence-electron chi connectivity index (χ4n) is 2.57. The Balaban J connectivity index is 2.13. The van der Waals surface area contributed by atoms with Crippen LogP contribution in [0.4, 0.5) is 0 Å². The van der Waals surface area contributed by atoms with Gasteiger partial charge >= 0.3 is 0 Å². The third kappa shape index (κ3) is 2.92. The maximum absolute atomic E-state index is 12.4. The molecular formula is C13H23N3O2S2. The molecule has 0 aromatic carbocycles. The molecule has 1 saturated carbocycles. The van der Waals surface area contributed by atoms with Gasteiger partial charge in [0.1, 0.15) is 0 Å². The van der Waals surface area contributed by atoms with Gasteiger partial charge in [-0.05, 0) is 46.3 Å². The Kier molecular flexibility index (Phi) is 4.56. The molecule has 1 aliphatic carbocycles. The number of likely N-dealkylation sites (N-methyl/N-ethyl adjacent to an activating group) is 1. The minimum atomic E-state index is -3.44. The minimum absolute atomic E-state index is 0.0201. The van der Waals surface area contributed by atoms with Gasteiger partial charge in [-0.1, -0.05) is 0 Å². The van der Waals surface area contributed by atoms with Gasteiger partial charge in [-0.3, -0.25) is 0 Å². The Labute approximate surface area is 125 Å². The number of rotatable bonds is 6. The molecule has 7 heteroatoms. The van der Waals surface area contributed by atoms with Crippen molar-refractivity contribution in [2.75, 3.05) is 20.6 Å². The van der Waals surface area contributed by atoms with Crippen LogP contribution >= 0.6 is 11.3 Å². The molecule has 0 atom stereocenters. The van der Waals surface area contributed by atoms with E-state index >= 15 is 0 Å². The van der Waals surface area contributed by atoms with Crippen molar-refractivity contribution in [1.29, 1.82) is 0 Å². The largest absolute Gasteiger partial charge is 0.326 e. The van der Waals surface area contributed by atoms with Crippen LogP contribution < -0.4 is 10.5 Å². The van der Waals surface area contributed by atoms with E-state index in [2.05, 4.69) is 9.62 Å². The highest BCUT2D eigenvalue weighted by molar-refractivity contribution is 7.89. The predicted octanol–water partition coefficient (Wildman–Crippen LogP) is 1.28. The molecule has 0 spiro atoms. The molecule has 0 bridgehead atoms. The fourth-order valence-corrected chi connectivity index (χ4v) is 5.20. The smallest absolute Gasteiger partial charge is 0.241 e. The Hall–Kier alpha value is -0.470. The summed E-state index contributed by atoms with van der Waals surface area (Å²) in [5, 5.41) is 0. The number of nitrogens with zero attached hydrogens (tertiary/aromatic N) is 1. The zero-order chi connectivity index (χ0) is 15.0. The third-order valence-corrected chi connectivity index (χ3v) is 6.97. The number of nitrogens with two attached hydrogens (primary N) is 1. The van der Waals surface area contributed by atoms with Gasteiger partial charge in [0.2, 0.25) is 10.0 Å². The van der Waals surface area contributed by atoms with Crippen LogP contribution in [0.15, 0.2) is 11.0 Å². The Bertz CT molecular complexity index is 574. The summed E-state index contributed by atoms with van der Waals surface area (Å²) in [5.74, 6) is 0. The highest BCUT2D eigenvalue weighted by atomic mass is 32.2. The van der Waals surface area contributed by atoms with Crippen molar-refractivity contribution >= 4 is 21.4 Å². The van der Waals surface area contributed by atoms with E-state index in [0.29, 0.717) is 18.0 Å². The van der Waals surface area contributed by atoms with Crippen molar-refractivity contribution in [2.45, 2.75) is 43.2 Å². The zero-order valence-corrected chi connectivity index (χ0v) is 13.9. The molecule has 1 heterocycles. The van der Waals surface area contributed by atoms with E-state index in [-0.39, 0.29) is 5.54 Å². The first-order valence-electron chi connectivity index (χ1n) is 6.77. The summed E-state index contributed by atoms with van der Waals surface area (Å²) in [4.78, 5) is 4.20. The molecule has 1 aromatic heterocycles. The first-order chi connectivity index (χ1) is 9.31. The van der Waals surface area contributed by atoms with E-state index in [1.165, 1.54) is 11.3 Å². The number of sulfonamides is 1. The lowest BCUT2D eigenvalue weighted by molar-refractivity contribution is 0.0657. The van der Waals surface area contributed by atoms with Crippen LogP contribution in [-0.4, -0.2) is 39.5 Å². The van der Waals surface area contributed by atoms with Crippen LogP contribution in [0.3, 0.4) is 0 Å². The average molecular weight is 317 g/mol. The molecule has 1 fully saturated rings. The fraction of sp³-hybridized carbons (Fsp3) is 0.692. The summed E-state index contributed by atoms with van der Waals surface area (Å²) in [6.45, 7) is 2.67. The maximum Gasteiger partial charge on any atom is 0.241 e. The van der Waals surface area contributed by atoms with Crippen molar-refractivity contribution in [3.8, 4) is 0 Å². The lowest BCUT2D eigenvalue weighted by atomic mass is 9.76. The molecule has 114 valence electrons.